The molecule has 2 atom stereocenters. The zero-order valence-electron chi connectivity index (χ0n) is 9.96. The highest BCUT2D eigenvalue weighted by Gasteiger charge is 2.23. The van der Waals surface area contributed by atoms with Crippen LogP contribution in [0.5, 0.6) is 0 Å². The van der Waals surface area contributed by atoms with Crippen LogP contribution in [0.4, 0.5) is 0 Å². The minimum atomic E-state index is 0.582. The van der Waals surface area contributed by atoms with Crippen molar-refractivity contribution >= 4 is 0 Å². The van der Waals surface area contributed by atoms with Crippen molar-refractivity contribution in [3.63, 3.8) is 0 Å². The molecule has 0 heterocycles. The maximum Gasteiger partial charge on any atom is 0.0328 e. The van der Waals surface area contributed by atoms with E-state index in [0.29, 0.717) is 18.0 Å². The van der Waals surface area contributed by atoms with E-state index in [1.54, 1.807) is 0 Å². The van der Waals surface area contributed by atoms with Gasteiger partial charge in [-0.05, 0) is 36.8 Å². The predicted molar refractivity (Wildman–Crippen MR) is 64.9 cm³/mol. The number of rotatable bonds is 3. The Balaban J connectivity index is 2.08. The average Bonchev–Trinajstić information content (AvgIpc) is 2.62. The first-order valence-electron chi connectivity index (χ1n) is 6.02. The van der Waals surface area contributed by atoms with Gasteiger partial charge < -0.3 is 5.32 Å². The Kier molecular flexibility index (Phi) is 3.11. The number of fused-ring (bicyclic) bond motifs is 1. The zero-order valence-corrected chi connectivity index (χ0v) is 9.96. The fourth-order valence-corrected chi connectivity index (χ4v) is 2.24. The van der Waals surface area contributed by atoms with E-state index in [4.69, 9.17) is 0 Å². The van der Waals surface area contributed by atoms with E-state index < -0.39 is 0 Å². The third-order valence-corrected chi connectivity index (χ3v) is 3.60. The van der Waals surface area contributed by atoms with Crippen LogP contribution >= 0.6 is 0 Å². The predicted octanol–water partition coefficient (Wildman–Crippen LogP) is 3.31. The molecule has 1 aliphatic carbocycles. The van der Waals surface area contributed by atoms with Crippen molar-refractivity contribution in [1.29, 1.82) is 0 Å². The number of hydrogen-bond acceptors (Lipinski definition) is 1. The number of aryl methyl sites for hydroxylation is 1. The maximum atomic E-state index is 3.73. The van der Waals surface area contributed by atoms with Crippen LogP contribution in [0.25, 0.3) is 0 Å². The van der Waals surface area contributed by atoms with Crippen LogP contribution in [0.1, 0.15) is 44.4 Å². The molecule has 1 aromatic carbocycles. The van der Waals surface area contributed by atoms with Crippen molar-refractivity contribution in [3.8, 4) is 0 Å². The average molecular weight is 203 g/mol. The molecule has 0 aromatic heterocycles. The molecule has 0 radical (unpaired) electrons. The molecule has 0 aliphatic heterocycles. The summed E-state index contributed by atoms with van der Waals surface area (Å²) < 4.78 is 0. The van der Waals surface area contributed by atoms with Gasteiger partial charge >= 0.3 is 0 Å². The van der Waals surface area contributed by atoms with Gasteiger partial charge in [-0.3, -0.25) is 0 Å². The fourth-order valence-electron chi connectivity index (χ4n) is 2.24. The van der Waals surface area contributed by atoms with Gasteiger partial charge in [0.1, 0.15) is 0 Å². The van der Waals surface area contributed by atoms with Crippen molar-refractivity contribution in [2.45, 2.75) is 45.7 Å². The summed E-state index contributed by atoms with van der Waals surface area (Å²) in [5, 5.41) is 3.73. The normalized spacial score (nSPS) is 21.7. The third kappa shape index (κ3) is 2.23. The van der Waals surface area contributed by atoms with Gasteiger partial charge in [0.2, 0.25) is 0 Å². The highest BCUT2D eigenvalue weighted by molar-refractivity contribution is 5.34. The Morgan fingerprint density at radius 1 is 1.20 bits per heavy atom. The van der Waals surface area contributed by atoms with E-state index in [2.05, 4.69) is 50.4 Å². The van der Waals surface area contributed by atoms with E-state index in [-0.39, 0.29) is 0 Å². The lowest BCUT2D eigenvalue weighted by Gasteiger charge is -2.23. The van der Waals surface area contributed by atoms with Crippen LogP contribution in [0, 0.1) is 5.92 Å². The van der Waals surface area contributed by atoms with E-state index in [1.165, 1.54) is 24.0 Å². The summed E-state index contributed by atoms with van der Waals surface area (Å²) in [6.07, 6.45) is 2.50. The Labute approximate surface area is 92.9 Å². The molecule has 1 heteroatoms. The van der Waals surface area contributed by atoms with Crippen molar-refractivity contribution in [1.82, 2.24) is 5.32 Å². The zero-order chi connectivity index (χ0) is 10.8. The van der Waals surface area contributed by atoms with Crippen LogP contribution in [0.3, 0.4) is 0 Å². The number of hydrogen-bond donors (Lipinski definition) is 1. The van der Waals surface area contributed by atoms with Crippen molar-refractivity contribution in [2.75, 3.05) is 0 Å². The fraction of sp³-hybridized carbons (Fsp3) is 0.571. The van der Waals surface area contributed by atoms with Crippen molar-refractivity contribution in [2.24, 2.45) is 5.92 Å². The first kappa shape index (κ1) is 10.7. The summed E-state index contributed by atoms with van der Waals surface area (Å²) in [5.74, 6) is 0.706. The highest BCUT2D eigenvalue weighted by Crippen LogP contribution is 2.31. The monoisotopic (exact) mass is 203 g/mol. The first-order valence-corrected chi connectivity index (χ1v) is 6.02. The minimum absolute atomic E-state index is 0.582. The molecule has 0 unspecified atom stereocenters. The lowest BCUT2D eigenvalue weighted by molar-refractivity contribution is 0.375. The molecule has 1 aromatic rings. The molecule has 0 bridgehead atoms. The molecule has 0 saturated heterocycles. The molecule has 0 saturated carbocycles. The van der Waals surface area contributed by atoms with Gasteiger partial charge in [0.25, 0.3) is 0 Å². The summed E-state index contributed by atoms with van der Waals surface area (Å²) in [4.78, 5) is 0. The Hall–Kier alpha value is -0.820. The van der Waals surface area contributed by atoms with E-state index >= 15 is 0 Å². The van der Waals surface area contributed by atoms with Crippen molar-refractivity contribution in [3.05, 3.63) is 35.4 Å². The molecule has 1 nitrogen and oxygen atoms in total. The summed E-state index contributed by atoms with van der Waals surface area (Å²) in [5.41, 5.74) is 3.05. The lowest BCUT2D eigenvalue weighted by atomic mass is 10.0. The van der Waals surface area contributed by atoms with E-state index in [1.807, 2.05) is 0 Å². The highest BCUT2D eigenvalue weighted by atomic mass is 15.0. The Morgan fingerprint density at radius 3 is 2.67 bits per heavy atom. The molecule has 82 valence electrons. The van der Waals surface area contributed by atoms with Crippen LogP contribution in [-0.2, 0) is 6.42 Å². The quantitative estimate of drug-likeness (QED) is 0.794. The molecule has 1 aliphatic rings. The number of benzene rings is 1. The maximum absolute atomic E-state index is 3.73. The Bertz CT molecular complexity index is 330. The SMILES string of the molecule is CC(C)[C@@H](C)N[C@H]1CCc2ccccc21. The summed E-state index contributed by atoms with van der Waals surface area (Å²) >= 11 is 0. The smallest absolute Gasteiger partial charge is 0.0328 e. The lowest BCUT2D eigenvalue weighted by Crippen LogP contribution is -2.33. The largest absolute Gasteiger partial charge is 0.307 e. The molecule has 15 heavy (non-hydrogen) atoms. The van der Waals surface area contributed by atoms with Crippen molar-refractivity contribution < 1.29 is 0 Å². The van der Waals surface area contributed by atoms with Gasteiger partial charge in [-0.2, -0.15) is 0 Å². The van der Waals surface area contributed by atoms with Crippen LogP contribution in [0.2, 0.25) is 0 Å². The Morgan fingerprint density at radius 2 is 1.93 bits per heavy atom. The molecule has 0 amide bonds. The molecular formula is C14H21N. The molecule has 2 rings (SSSR count). The van der Waals surface area contributed by atoms with Gasteiger partial charge in [-0.1, -0.05) is 38.1 Å². The molecule has 1 N–H and O–H groups in total. The summed E-state index contributed by atoms with van der Waals surface area (Å²) in [7, 11) is 0. The topological polar surface area (TPSA) is 12.0 Å². The van der Waals surface area contributed by atoms with Gasteiger partial charge in [-0.15, -0.1) is 0 Å². The second-order valence-corrected chi connectivity index (χ2v) is 4.99. The first-order chi connectivity index (χ1) is 7.18. The third-order valence-electron chi connectivity index (χ3n) is 3.60. The summed E-state index contributed by atoms with van der Waals surface area (Å²) in [6.45, 7) is 6.84. The van der Waals surface area contributed by atoms with Crippen LogP contribution < -0.4 is 5.32 Å². The molecule has 0 fully saturated rings. The van der Waals surface area contributed by atoms with Crippen LogP contribution in [0.15, 0.2) is 24.3 Å². The molecule has 0 spiro atoms. The van der Waals surface area contributed by atoms with Gasteiger partial charge in [0.15, 0.2) is 0 Å². The van der Waals surface area contributed by atoms with Gasteiger partial charge in [0, 0.05) is 12.1 Å². The molecular weight excluding hydrogens is 182 g/mol. The van der Waals surface area contributed by atoms with Gasteiger partial charge in [-0.25, -0.2) is 0 Å². The van der Waals surface area contributed by atoms with Gasteiger partial charge in [0.05, 0.1) is 0 Å². The van der Waals surface area contributed by atoms with Crippen LogP contribution in [-0.4, -0.2) is 6.04 Å². The van der Waals surface area contributed by atoms with E-state index in [0.717, 1.165) is 0 Å². The standard InChI is InChI=1S/C14H21N/c1-10(2)11(3)15-14-9-8-12-6-4-5-7-13(12)14/h4-7,10-11,14-15H,8-9H2,1-3H3/t11-,14+/m1/s1. The second-order valence-electron chi connectivity index (χ2n) is 4.99. The summed E-state index contributed by atoms with van der Waals surface area (Å²) in [6, 6.07) is 10.0. The second kappa shape index (κ2) is 4.36. The van der Waals surface area contributed by atoms with E-state index in [9.17, 15) is 0 Å². The number of nitrogens with one attached hydrogen (secondary N) is 1. The minimum Gasteiger partial charge on any atom is -0.307 e.